The molecule has 0 fully saturated rings. The minimum atomic E-state index is -0.566. The molecule has 0 radical (unpaired) electrons. The van der Waals surface area contributed by atoms with E-state index in [0.29, 0.717) is 0 Å². The van der Waals surface area contributed by atoms with E-state index in [2.05, 4.69) is 25.7 Å². The van der Waals surface area contributed by atoms with Gasteiger partial charge in [0.2, 0.25) is 0 Å². The summed E-state index contributed by atoms with van der Waals surface area (Å²) in [5.74, 6) is -1.26. The highest BCUT2D eigenvalue weighted by atomic mass is 16.3. The van der Waals surface area contributed by atoms with E-state index in [1.165, 1.54) is 26.0 Å². The lowest BCUT2D eigenvalue weighted by Gasteiger charge is -2.15. The summed E-state index contributed by atoms with van der Waals surface area (Å²) in [4.78, 5) is 46.3. The molecule has 156 valence electrons. The molecule has 0 saturated heterocycles. The molecule has 2 heterocycles. The molecule has 0 saturated carbocycles. The third kappa shape index (κ3) is 4.14. The fourth-order valence-electron chi connectivity index (χ4n) is 2.68. The van der Waals surface area contributed by atoms with Gasteiger partial charge in [-0.3, -0.25) is 24.2 Å². The number of hydrogen-bond acceptors (Lipinski definition) is 8. The number of benzene rings is 1. The SMILES string of the molecule is CN(C)C(=O)c1ncnc(Nc2c(NCc3ccccc3)c(=O)[nH]n(C)c2=O)c1O. The van der Waals surface area contributed by atoms with Crippen LogP contribution in [0.5, 0.6) is 5.75 Å². The van der Waals surface area contributed by atoms with Crippen LogP contribution in [0.4, 0.5) is 17.2 Å². The smallest absolute Gasteiger partial charge is 0.290 e. The molecule has 0 atom stereocenters. The summed E-state index contributed by atoms with van der Waals surface area (Å²) in [6, 6.07) is 9.31. The monoisotopic (exact) mass is 411 g/mol. The first-order chi connectivity index (χ1) is 14.3. The molecule has 0 aliphatic carbocycles. The van der Waals surface area contributed by atoms with E-state index in [1.807, 2.05) is 30.3 Å². The van der Waals surface area contributed by atoms with E-state index >= 15 is 0 Å². The topological polar surface area (TPSA) is 145 Å². The van der Waals surface area contributed by atoms with Crippen LogP contribution in [-0.4, -0.2) is 49.8 Å². The largest absolute Gasteiger partial charge is 0.503 e. The van der Waals surface area contributed by atoms with Crippen LogP contribution in [0.3, 0.4) is 0 Å². The quantitative estimate of drug-likeness (QED) is 0.462. The molecule has 4 N–H and O–H groups in total. The summed E-state index contributed by atoms with van der Waals surface area (Å²) in [5, 5.41) is 18.5. The Balaban J connectivity index is 2.02. The highest BCUT2D eigenvalue weighted by Gasteiger charge is 2.21. The first kappa shape index (κ1) is 20.6. The van der Waals surface area contributed by atoms with Gasteiger partial charge in [-0.1, -0.05) is 30.3 Å². The maximum Gasteiger partial charge on any atom is 0.290 e. The second-order valence-electron chi connectivity index (χ2n) is 6.64. The van der Waals surface area contributed by atoms with Gasteiger partial charge in [-0.2, -0.15) is 0 Å². The number of H-pyrrole nitrogens is 1. The Morgan fingerprint density at radius 2 is 1.87 bits per heavy atom. The van der Waals surface area contributed by atoms with Crippen molar-refractivity contribution in [3.05, 3.63) is 68.6 Å². The summed E-state index contributed by atoms with van der Waals surface area (Å²) in [5.41, 5.74) is -0.613. The number of anilines is 3. The minimum absolute atomic E-state index is 0.0274. The molecule has 0 bridgehead atoms. The van der Waals surface area contributed by atoms with Gasteiger partial charge in [-0.15, -0.1) is 0 Å². The lowest BCUT2D eigenvalue weighted by atomic mass is 10.2. The Bertz CT molecular complexity index is 1190. The molecular formula is C19H21N7O4. The molecule has 0 aliphatic heterocycles. The summed E-state index contributed by atoms with van der Waals surface area (Å²) in [7, 11) is 4.40. The van der Waals surface area contributed by atoms with Crippen LogP contribution in [-0.2, 0) is 13.6 Å². The molecule has 0 aliphatic rings. The molecule has 0 spiro atoms. The Morgan fingerprint density at radius 3 is 2.53 bits per heavy atom. The van der Waals surface area contributed by atoms with Gasteiger partial charge in [0.15, 0.2) is 17.3 Å². The maximum atomic E-state index is 12.7. The molecule has 3 aromatic rings. The molecule has 2 aromatic heterocycles. The van der Waals surface area contributed by atoms with Gasteiger partial charge >= 0.3 is 0 Å². The number of nitrogens with one attached hydrogen (secondary N) is 3. The lowest BCUT2D eigenvalue weighted by Crippen LogP contribution is -2.32. The zero-order valence-electron chi connectivity index (χ0n) is 16.6. The van der Waals surface area contributed by atoms with E-state index in [9.17, 15) is 19.5 Å². The highest BCUT2D eigenvalue weighted by molar-refractivity contribution is 5.96. The fraction of sp³-hybridized carbons (Fsp3) is 0.211. The molecule has 1 amide bonds. The van der Waals surface area contributed by atoms with Crippen molar-refractivity contribution in [3.63, 3.8) is 0 Å². The molecule has 1 aromatic carbocycles. The average Bonchev–Trinajstić information content (AvgIpc) is 2.73. The van der Waals surface area contributed by atoms with Crippen LogP contribution >= 0.6 is 0 Å². The van der Waals surface area contributed by atoms with E-state index < -0.39 is 22.8 Å². The van der Waals surface area contributed by atoms with Gasteiger partial charge in [-0.25, -0.2) is 9.97 Å². The van der Waals surface area contributed by atoms with Crippen molar-refractivity contribution in [1.82, 2.24) is 24.6 Å². The van der Waals surface area contributed by atoms with Crippen molar-refractivity contribution < 1.29 is 9.90 Å². The van der Waals surface area contributed by atoms with Gasteiger partial charge in [0.05, 0.1) is 0 Å². The maximum absolute atomic E-state index is 12.7. The Morgan fingerprint density at radius 1 is 1.17 bits per heavy atom. The average molecular weight is 411 g/mol. The van der Waals surface area contributed by atoms with E-state index in [0.717, 1.165) is 16.6 Å². The molecule has 0 unspecified atom stereocenters. The molecule has 11 nitrogen and oxygen atoms in total. The van der Waals surface area contributed by atoms with Gasteiger partial charge < -0.3 is 20.6 Å². The van der Waals surface area contributed by atoms with Crippen molar-refractivity contribution in [2.24, 2.45) is 7.05 Å². The van der Waals surface area contributed by atoms with E-state index in [-0.39, 0.29) is 29.4 Å². The second kappa shape index (κ2) is 8.47. The van der Waals surface area contributed by atoms with Crippen LogP contribution in [0.2, 0.25) is 0 Å². The number of amides is 1. The summed E-state index contributed by atoms with van der Waals surface area (Å²) < 4.78 is 1.00. The number of carbonyl (C=O) groups is 1. The number of carbonyl (C=O) groups excluding carboxylic acids is 1. The van der Waals surface area contributed by atoms with Crippen molar-refractivity contribution in [3.8, 4) is 5.75 Å². The van der Waals surface area contributed by atoms with Crippen LogP contribution in [0.25, 0.3) is 0 Å². The standard InChI is InChI=1S/C19H21N7O4/c1-25(2)18(29)14-15(27)16(22-10-21-14)23-13-12(17(28)24-26(3)19(13)30)20-9-11-7-5-4-6-8-11/h4-8,10,20,27H,9H2,1-3H3,(H,24,28)(H,21,22,23). The number of hydrogen-bond donors (Lipinski definition) is 4. The number of rotatable bonds is 6. The van der Waals surface area contributed by atoms with Gasteiger partial charge in [0.25, 0.3) is 17.0 Å². The fourth-order valence-corrected chi connectivity index (χ4v) is 2.68. The predicted molar refractivity (Wildman–Crippen MR) is 111 cm³/mol. The normalized spacial score (nSPS) is 10.5. The Labute approximate surface area is 171 Å². The van der Waals surface area contributed by atoms with Crippen LogP contribution < -0.4 is 21.8 Å². The van der Waals surface area contributed by atoms with Gasteiger partial charge in [0.1, 0.15) is 17.7 Å². The zero-order chi connectivity index (χ0) is 21.8. The van der Waals surface area contributed by atoms with E-state index in [1.54, 1.807) is 0 Å². The molecule has 3 rings (SSSR count). The van der Waals surface area contributed by atoms with Gasteiger partial charge in [-0.05, 0) is 5.56 Å². The molecule has 30 heavy (non-hydrogen) atoms. The van der Waals surface area contributed by atoms with Crippen LogP contribution in [0, 0.1) is 0 Å². The summed E-state index contributed by atoms with van der Waals surface area (Å²) >= 11 is 0. The first-order valence-electron chi connectivity index (χ1n) is 8.93. The Kier molecular flexibility index (Phi) is 5.81. The predicted octanol–water partition coefficient (Wildman–Crippen LogP) is 0.627. The van der Waals surface area contributed by atoms with Crippen molar-refractivity contribution in [2.75, 3.05) is 24.7 Å². The summed E-state index contributed by atoms with van der Waals surface area (Å²) in [6.07, 6.45) is 1.08. The van der Waals surface area contributed by atoms with E-state index in [4.69, 9.17) is 0 Å². The third-order valence-electron chi connectivity index (χ3n) is 4.25. The van der Waals surface area contributed by atoms with Crippen molar-refractivity contribution in [2.45, 2.75) is 6.54 Å². The van der Waals surface area contributed by atoms with Crippen LogP contribution in [0.15, 0.2) is 46.2 Å². The minimum Gasteiger partial charge on any atom is -0.503 e. The Hall–Kier alpha value is -4.15. The number of aromatic nitrogens is 4. The lowest BCUT2D eigenvalue weighted by molar-refractivity contribution is 0.0818. The second-order valence-corrected chi connectivity index (χ2v) is 6.64. The van der Waals surface area contributed by atoms with Gasteiger partial charge in [0, 0.05) is 27.7 Å². The highest BCUT2D eigenvalue weighted by Crippen LogP contribution is 2.27. The molecule has 11 heteroatoms. The molecular weight excluding hydrogens is 390 g/mol. The summed E-state index contributed by atoms with van der Waals surface area (Å²) in [6.45, 7) is 0.284. The number of aromatic hydroxyl groups is 1. The number of aryl methyl sites for hydroxylation is 1. The first-order valence-corrected chi connectivity index (χ1v) is 8.93. The van der Waals surface area contributed by atoms with Crippen molar-refractivity contribution >= 4 is 23.1 Å². The zero-order valence-corrected chi connectivity index (χ0v) is 16.6. The number of aromatic amines is 1. The number of nitrogens with zero attached hydrogens (tertiary/aromatic N) is 4. The third-order valence-corrected chi connectivity index (χ3v) is 4.25. The van der Waals surface area contributed by atoms with Crippen molar-refractivity contribution in [1.29, 1.82) is 0 Å². The van der Waals surface area contributed by atoms with Crippen LogP contribution in [0.1, 0.15) is 16.1 Å².